The summed E-state index contributed by atoms with van der Waals surface area (Å²) in [6, 6.07) is 2.38. The molecule has 15 heavy (non-hydrogen) atoms. The van der Waals surface area contributed by atoms with Gasteiger partial charge in [-0.25, -0.2) is 4.98 Å². The summed E-state index contributed by atoms with van der Waals surface area (Å²) in [7, 11) is 0. The minimum Gasteiger partial charge on any atom is -0.397 e. The molecule has 0 saturated carbocycles. The molecule has 1 rings (SSSR count). The first-order valence-corrected chi connectivity index (χ1v) is 6.07. The van der Waals surface area contributed by atoms with Gasteiger partial charge in [0.05, 0.1) is 16.4 Å². The van der Waals surface area contributed by atoms with Crippen molar-refractivity contribution in [3.63, 3.8) is 0 Å². The van der Waals surface area contributed by atoms with Crippen LogP contribution in [0.4, 0.5) is 11.5 Å². The van der Waals surface area contributed by atoms with Crippen LogP contribution in [0.15, 0.2) is 16.7 Å². The predicted molar refractivity (Wildman–Crippen MR) is 69.1 cm³/mol. The van der Waals surface area contributed by atoms with Gasteiger partial charge in [0.15, 0.2) is 0 Å². The van der Waals surface area contributed by atoms with Crippen molar-refractivity contribution in [2.75, 3.05) is 17.2 Å². The normalized spacial score (nSPS) is 12.5. The van der Waals surface area contributed by atoms with E-state index >= 15 is 0 Å². The molecule has 1 atom stereocenters. The molecule has 84 valence electrons. The lowest BCUT2D eigenvalue weighted by Crippen LogP contribution is -2.33. The van der Waals surface area contributed by atoms with Crippen molar-refractivity contribution in [1.82, 2.24) is 4.98 Å². The number of hydrogen-bond donors (Lipinski definition) is 1. The first-order chi connectivity index (χ1) is 7.10. The zero-order valence-electron chi connectivity index (χ0n) is 9.50. The Hall–Kier alpha value is -0.770. The van der Waals surface area contributed by atoms with Crippen LogP contribution in [0.25, 0.3) is 0 Å². The quantitative estimate of drug-likeness (QED) is 0.916. The van der Waals surface area contributed by atoms with Crippen molar-refractivity contribution in [2.45, 2.75) is 33.2 Å². The second-order valence-electron chi connectivity index (χ2n) is 3.62. The van der Waals surface area contributed by atoms with Crippen LogP contribution in [0.2, 0.25) is 0 Å². The predicted octanol–water partition coefficient (Wildman–Crippen LogP) is 3.05. The largest absolute Gasteiger partial charge is 0.397 e. The Morgan fingerprint density at radius 2 is 2.20 bits per heavy atom. The van der Waals surface area contributed by atoms with Crippen LogP contribution in [0.1, 0.15) is 27.2 Å². The summed E-state index contributed by atoms with van der Waals surface area (Å²) in [5.74, 6) is 0.973. The fourth-order valence-electron chi connectivity index (χ4n) is 1.55. The van der Waals surface area contributed by atoms with Gasteiger partial charge in [0.25, 0.3) is 0 Å². The van der Waals surface area contributed by atoms with Crippen molar-refractivity contribution in [3.05, 3.63) is 16.7 Å². The Bertz CT molecular complexity index is 328. The Morgan fingerprint density at radius 1 is 1.53 bits per heavy atom. The first-order valence-electron chi connectivity index (χ1n) is 5.27. The third-order valence-corrected chi connectivity index (χ3v) is 3.16. The van der Waals surface area contributed by atoms with Crippen LogP contribution in [0.5, 0.6) is 0 Å². The van der Waals surface area contributed by atoms with E-state index in [-0.39, 0.29) is 0 Å². The maximum absolute atomic E-state index is 5.67. The number of anilines is 2. The first kappa shape index (κ1) is 12.3. The summed E-state index contributed by atoms with van der Waals surface area (Å²) < 4.78 is 0.963. The lowest BCUT2D eigenvalue weighted by molar-refractivity contribution is 0.622. The highest BCUT2D eigenvalue weighted by Gasteiger charge is 2.15. The van der Waals surface area contributed by atoms with Gasteiger partial charge in [-0.3, -0.25) is 0 Å². The van der Waals surface area contributed by atoms with Crippen molar-refractivity contribution in [2.24, 2.45) is 0 Å². The molecule has 0 spiro atoms. The van der Waals surface area contributed by atoms with E-state index in [1.54, 1.807) is 6.20 Å². The molecule has 1 aromatic rings. The minimum atomic E-state index is 0.488. The summed E-state index contributed by atoms with van der Waals surface area (Å²) in [5, 5.41) is 0. The Kier molecular flexibility index (Phi) is 4.39. The van der Waals surface area contributed by atoms with E-state index in [4.69, 9.17) is 5.73 Å². The van der Waals surface area contributed by atoms with Gasteiger partial charge in [0.1, 0.15) is 5.82 Å². The molecule has 2 N–H and O–H groups in total. The maximum Gasteiger partial charge on any atom is 0.143 e. The van der Waals surface area contributed by atoms with E-state index in [2.05, 4.69) is 46.6 Å². The van der Waals surface area contributed by atoms with Crippen molar-refractivity contribution >= 4 is 27.4 Å². The molecular weight excluding hydrogens is 254 g/mol. The molecule has 0 bridgehead atoms. The zero-order valence-corrected chi connectivity index (χ0v) is 11.1. The molecule has 0 saturated heterocycles. The van der Waals surface area contributed by atoms with Crippen LogP contribution in [-0.2, 0) is 0 Å². The van der Waals surface area contributed by atoms with E-state index in [1.165, 1.54) is 0 Å². The van der Waals surface area contributed by atoms with Crippen molar-refractivity contribution in [1.29, 1.82) is 0 Å². The lowest BCUT2D eigenvalue weighted by Gasteiger charge is -2.29. The second kappa shape index (κ2) is 5.35. The molecule has 0 fully saturated rings. The molecule has 0 aliphatic rings. The average Bonchev–Trinajstić information content (AvgIpc) is 2.21. The fraction of sp³-hybridized carbons (Fsp3) is 0.545. The van der Waals surface area contributed by atoms with E-state index in [9.17, 15) is 0 Å². The number of aromatic nitrogens is 1. The van der Waals surface area contributed by atoms with Gasteiger partial charge in [0.2, 0.25) is 0 Å². The maximum atomic E-state index is 5.67. The summed E-state index contributed by atoms with van der Waals surface area (Å²) >= 11 is 3.50. The number of pyridine rings is 1. The van der Waals surface area contributed by atoms with E-state index in [1.807, 2.05) is 6.07 Å². The molecule has 1 aromatic heterocycles. The SMILES string of the molecule is CCC(C)N(CC)c1ncc(N)cc1Br. The van der Waals surface area contributed by atoms with Crippen LogP contribution >= 0.6 is 15.9 Å². The van der Waals surface area contributed by atoms with E-state index in [0.717, 1.165) is 23.3 Å². The smallest absolute Gasteiger partial charge is 0.143 e. The number of hydrogen-bond acceptors (Lipinski definition) is 3. The Balaban J connectivity index is 3.01. The van der Waals surface area contributed by atoms with Crippen LogP contribution < -0.4 is 10.6 Å². The second-order valence-corrected chi connectivity index (χ2v) is 4.47. The van der Waals surface area contributed by atoms with Gasteiger partial charge in [-0.15, -0.1) is 0 Å². The third-order valence-electron chi connectivity index (χ3n) is 2.58. The van der Waals surface area contributed by atoms with Gasteiger partial charge in [-0.1, -0.05) is 6.92 Å². The molecule has 0 aliphatic carbocycles. The molecule has 0 aliphatic heterocycles. The van der Waals surface area contributed by atoms with E-state index in [0.29, 0.717) is 11.7 Å². The Morgan fingerprint density at radius 3 is 2.67 bits per heavy atom. The third kappa shape index (κ3) is 2.84. The van der Waals surface area contributed by atoms with Gasteiger partial charge in [-0.05, 0) is 42.3 Å². The number of nitrogens with zero attached hydrogens (tertiary/aromatic N) is 2. The zero-order chi connectivity index (χ0) is 11.4. The molecule has 0 aromatic carbocycles. The van der Waals surface area contributed by atoms with Gasteiger partial charge in [-0.2, -0.15) is 0 Å². The number of halogens is 1. The van der Waals surface area contributed by atoms with Gasteiger partial charge in [0, 0.05) is 12.6 Å². The lowest BCUT2D eigenvalue weighted by atomic mass is 10.2. The Labute approximate surface area is 99.8 Å². The van der Waals surface area contributed by atoms with Crippen LogP contribution in [0, 0.1) is 0 Å². The number of rotatable bonds is 4. The topological polar surface area (TPSA) is 42.2 Å². The highest BCUT2D eigenvalue weighted by molar-refractivity contribution is 9.10. The molecule has 1 heterocycles. The molecule has 0 radical (unpaired) electrons. The monoisotopic (exact) mass is 271 g/mol. The minimum absolute atomic E-state index is 0.488. The van der Waals surface area contributed by atoms with Crippen LogP contribution in [0.3, 0.4) is 0 Å². The molecule has 4 heteroatoms. The molecule has 3 nitrogen and oxygen atoms in total. The van der Waals surface area contributed by atoms with Crippen LogP contribution in [-0.4, -0.2) is 17.6 Å². The van der Waals surface area contributed by atoms with Crippen molar-refractivity contribution in [3.8, 4) is 0 Å². The summed E-state index contributed by atoms with van der Waals surface area (Å²) in [4.78, 5) is 6.64. The van der Waals surface area contributed by atoms with E-state index < -0.39 is 0 Å². The van der Waals surface area contributed by atoms with Crippen molar-refractivity contribution < 1.29 is 0 Å². The molecular formula is C11H18BrN3. The summed E-state index contributed by atoms with van der Waals surface area (Å²) in [6.07, 6.45) is 2.80. The molecule has 0 amide bonds. The van der Waals surface area contributed by atoms with Gasteiger partial charge < -0.3 is 10.6 Å². The molecule has 1 unspecified atom stereocenters. The summed E-state index contributed by atoms with van der Waals surface area (Å²) in [5.41, 5.74) is 6.35. The highest BCUT2D eigenvalue weighted by Crippen LogP contribution is 2.27. The highest BCUT2D eigenvalue weighted by atomic mass is 79.9. The number of nitrogen functional groups attached to an aromatic ring is 1. The standard InChI is InChI=1S/C11H18BrN3/c1-4-8(3)15(5-2)11-10(12)6-9(13)7-14-11/h6-8H,4-5,13H2,1-3H3. The number of nitrogens with two attached hydrogens (primary N) is 1. The fourth-order valence-corrected chi connectivity index (χ4v) is 2.14. The average molecular weight is 272 g/mol. The van der Waals surface area contributed by atoms with Gasteiger partial charge >= 0.3 is 0 Å². The summed E-state index contributed by atoms with van der Waals surface area (Å²) in [6.45, 7) is 7.47.